The molecule has 0 heterocycles. The first kappa shape index (κ1) is 24.2. The number of carbonyl (C=O) groups is 1. The third kappa shape index (κ3) is 7.31. The molecule has 0 aliphatic carbocycles. The van der Waals surface area contributed by atoms with Gasteiger partial charge in [0.2, 0.25) is 0 Å². The second-order valence-electron chi connectivity index (χ2n) is 8.76. The highest BCUT2D eigenvalue weighted by Gasteiger charge is 2.10. The van der Waals surface area contributed by atoms with Gasteiger partial charge >= 0.3 is 0 Å². The molecule has 0 saturated heterocycles. The molecule has 0 aliphatic rings. The molecule has 0 N–H and O–H groups in total. The van der Waals surface area contributed by atoms with Crippen LogP contribution in [-0.2, 0) is 17.9 Å². The van der Waals surface area contributed by atoms with Gasteiger partial charge in [-0.2, -0.15) is 0 Å². The molecule has 3 aromatic carbocycles. The van der Waals surface area contributed by atoms with Crippen LogP contribution < -0.4 is 4.74 Å². The molecule has 4 heteroatoms. The van der Waals surface area contributed by atoms with E-state index in [0.29, 0.717) is 36.2 Å². The number of Topliss-reactive ketones (excluding diaryl/α,β-unsaturated/α-hetero) is 1. The lowest BCUT2D eigenvalue weighted by Gasteiger charge is -2.15. The first-order chi connectivity index (χ1) is 15.9. The van der Waals surface area contributed by atoms with Gasteiger partial charge in [0.25, 0.3) is 0 Å². The molecule has 0 atom stereocenters. The average Bonchev–Trinajstić information content (AvgIpc) is 2.83. The van der Waals surface area contributed by atoms with Gasteiger partial charge < -0.3 is 9.57 Å². The monoisotopic (exact) mass is 443 g/mol. The topological polar surface area (TPSA) is 47.9 Å². The maximum Gasteiger partial charge on any atom is 0.200 e. The molecule has 0 bridgehead atoms. The molecule has 4 nitrogen and oxygen atoms in total. The zero-order valence-electron chi connectivity index (χ0n) is 20.0. The van der Waals surface area contributed by atoms with Gasteiger partial charge in [-0.3, -0.25) is 4.79 Å². The number of nitrogens with zero attached hydrogens (tertiary/aromatic N) is 1. The number of hydrogen-bond acceptors (Lipinski definition) is 4. The number of rotatable bonds is 11. The Morgan fingerprint density at radius 2 is 1.64 bits per heavy atom. The zero-order chi connectivity index (χ0) is 23.6. The van der Waals surface area contributed by atoms with E-state index in [4.69, 9.17) is 9.57 Å². The lowest BCUT2D eigenvalue weighted by atomic mass is 9.92. The van der Waals surface area contributed by atoms with Crippen molar-refractivity contribution in [2.45, 2.75) is 52.6 Å². The van der Waals surface area contributed by atoms with E-state index in [1.807, 2.05) is 42.5 Å². The van der Waals surface area contributed by atoms with Crippen LogP contribution in [-0.4, -0.2) is 18.6 Å². The van der Waals surface area contributed by atoms with Crippen LogP contribution >= 0.6 is 0 Å². The highest BCUT2D eigenvalue weighted by Crippen LogP contribution is 2.25. The van der Waals surface area contributed by atoms with Crippen LogP contribution in [0.4, 0.5) is 0 Å². The summed E-state index contributed by atoms with van der Waals surface area (Å²) in [5.74, 6) is 1.58. The molecule has 3 aromatic rings. The van der Waals surface area contributed by atoms with Gasteiger partial charge in [-0.25, -0.2) is 0 Å². The summed E-state index contributed by atoms with van der Waals surface area (Å²) in [6.45, 7) is 9.32. The summed E-state index contributed by atoms with van der Waals surface area (Å²) >= 11 is 0. The quantitative estimate of drug-likeness (QED) is 0.183. The Hall–Kier alpha value is -3.40. The lowest BCUT2D eigenvalue weighted by Crippen LogP contribution is -2.11. The fraction of sp³-hybridized carbons (Fsp3) is 0.310. The van der Waals surface area contributed by atoms with Gasteiger partial charge in [-0.15, -0.1) is 0 Å². The van der Waals surface area contributed by atoms with Crippen molar-refractivity contribution >= 4 is 12.0 Å². The summed E-state index contributed by atoms with van der Waals surface area (Å²) in [6.07, 6.45) is 2.43. The SMILES string of the molecule is CC(C)c1ccc(CON=CCc2ccc(OCC(=O)c3ccccc3)cc2)c(C(C)C)c1. The van der Waals surface area contributed by atoms with E-state index in [9.17, 15) is 4.79 Å². The van der Waals surface area contributed by atoms with E-state index >= 15 is 0 Å². The van der Waals surface area contributed by atoms with E-state index < -0.39 is 0 Å². The molecular weight excluding hydrogens is 410 g/mol. The maximum atomic E-state index is 12.1. The molecule has 3 rings (SSSR count). The van der Waals surface area contributed by atoms with Crippen molar-refractivity contribution in [3.05, 3.63) is 101 Å². The Balaban J connectivity index is 1.46. The molecule has 0 fully saturated rings. The second-order valence-corrected chi connectivity index (χ2v) is 8.76. The van der Waals surface area contributed by atoms with Crippen molar-refractivity contribution in [1.82, 2.24) is 0 Å². The zero-order valence-corrected chi connectivity index (χ0v) is 20.0. The average molecular weight is 444 g/mol. The number of benzene rings is 3. The lowest BCUT2D eigenvalue weighted by molar-refractivity contribution is 0.0921. The van der Waals surface area contributed by atoms with Gasteiger partial charge in [-0.1, -0.05) is 93.5 Å². The maximum absolute atomic E-state index is 12.1. The molecule has 0 aliphatic heterocycles. The minimum absolute atomic E-state index is 0.0230. The van der Waals surface area contributed by atoms with Gasteiger partial charge in [0, 0.05) is 18.2 Å². The minimum Gasteiger partial charge on any atom is -0.485 e. The largest absolute Gasteiger partial charge is 0.485 e. The van der Waals surface area contributed by atoms with Crippen molar-refractivity contribution in [3.63, 3.8) is 0 Å². The Morgan fingerprint density at radius 1 is 0.909 bits per heavy atom. The van der Waals surface area contributed by atoms with Crippen molar-refractivity contribution < 1.29 is 14.4 Å². The fourth-order valence-corrected chi connectivity index (χ4v) is 3.52. The van der Waals surface area contributed by atoms with Crippen molar-refractivity contribution in [1.29, 1.82) is 0 Å². The van der Waals surface area contributed by atoms with E-state index in [0.717, 1.165) is 5.56 Å². The first-order valence-electron chi connectivity index (χ1n) is 11.5. The summed E-state index contributed by atoms with van der Waals surface area (Å²) in [4.78, 5) is 17.7. The van der Waals surface area contributed by atoms with Gasteiger partial charge in [-0.05, 0) is 46.2 Å². The summed E-state index contributed by atoms with van der Waals surface area (Å²) in [5.41, 5.74) is 5.59. The normalized spacial score (nSPS) is 11.3. The van der Waals surface area contributed by atoms with Crippen LogP contribution in [0.25, 0.3) is 0 Å². The van der Waals surface area contributed by atoms with E-state index in [1.165, 1.54) is 16.7 Å². The van der Waals surface area contributed by atoms with E-state index in [2.05, 4.69) is 51.0 Å². The molecule has 0 saturated carbocycles. The van der Waals surface area contributed by atoms with E-state index in [1.54, 1.807) is 18.3 Å². The van der Waals surface area contributed by atoms with Crippen molar-refractivity contribution in [2.75, 3.05) is 6.61 Å². The minimum atomic E-state index is -0.0385. The van der Waals surface area contributed by atoms with Gasteiger partial charge in [0.05, 0.1) is 0 Å². The summed E-state index contributed by atoms with van der Waals surface area (Å²) < 4.78 is 5.61. The van der Waals surface area contributed by atoms with Crippen molar-refractivity contribution in [2.24, 2.45) is 5.16 Å². The summed E-state index contributed by atoms with van der Waals surface area (Å²) in [6, 6.07) is 23.5. The number of carbonyl (C=O) groups excluding carboxylic acids is 1. The molecule has 0 amide bonds. The molecule has 0 aromatic heterocycles. The van der Waals surface area contributed by atoms with E-state index in [-0.39, 0.29) is 12.4 Å². The number of ketones is 1. The van der Waals surface area contributed by atoms with Crippen LogP contribution in [0.2, 0.25) is 0 Å². The smallest absolute Gasteiger partial charge is 0.200 e. The third-order valence-corrected chi connectivity index (χ3v) is 5.54. The van der Waals surface area contributed by atoms with Crippen LogP contribution in [0.15, 0.2) is 78.0 Å². The first-order valence-corrected chi connectivity index (χ1v) is 11.5. The standard InChI is InChI=1S/C29H33NO3/c1-21(2)25-12-13-26(28(18-25)22(3)4)19-33-30-17-16-23-10-14-27(15-11-23)32-20-29(31)24-8-6-5-7-9-24/h5-15,17-18,21-22H,16,19-20H2,1-4H3. The predicted molar refractivity (Wildman–Crippen MR) is 134 cm³/mol. The molecular formula is C29H33NO3. The van der Waals surface area contributed by atoms with Crippen LogP contribution in [0.1, 0.15) is 72.1 Å². The van der Waals surface area contributed by atoms with Crippen LogP contribution in [0.5, 0.6) is 5.75 Å². The number of oxime groups is 1. The Morgan fingerprint density at radius 3 is 2.30 bits per heavy atom. The Labute approximate surface area is 197 Å². The highest BCUT2D eigenvalue weighted by molar-refractivity contribution is 5.97. The third-order valence-electron chi connectivity index (χ3n) is 5.54. The number of ether oxygens (including phenoxy) is 1. The van der Waals surface area contributed by atoms with Gasteiger partial charge in [0.15, 0.2) is 12.4 Å². The van der Waals surface area contributed by atoms with Gasteiger partial charge in [0.1, 0.15) is 12.4 Å². The Kier molecular flexibility index (Phi) is 8.82. The second kappa shape index (κ2) is 12.0. The molecule has 0 unspecified atom stereocenters. The highest BCUT2D eigenvalue weighted by atomic mass is 16.6. The predicted octanol–water partition coefficient (Wildman–Crippen LogP) is 6.94. The van der Waals surface area contributed by atoms with Crippen LogP contribution in [0.3, 0.4) is 0 Å². The Bertz CT molecular complexity index is 1050. The summed E-state index contributed by atoms with van der Waals surface area (Å²) in [5, 5.41) is 4.13. The molecule has 33 heavy (non-hydrogen) atoms. The fourth-order valence-electron chi connectivity index (χ4n) is 3.52. The van der Waals surface area contributed by atoms with Crippen LogP contribution in [0, 0.1) is 0 Å². The summed E-state index contributed by atoms with van der Waals surface area (Å²) in [7, 11) is 0. The molecule has 0 spiro atoms. The number of hydrogen-bond donors (Lipinski definition) is 0. The van der Waals surface area contributed by atoms with Crippen molar-refractivity contribution in [3.8, 4) is 5.75 Å². The molecule has 0 radical (unpaired) electrons. The molecule has 172 valence electrons.